The number of unbranched alkanes of at least 4 members (excludes halogenated alkanes) is 1. The average molecular weight is 680 g/mol. The van der Waals surface area contributed by atoms with E-state index < -0.39 is 0 Å². The van der Waals surface area contributed by atoms with Gasteiger partial charge in [-0.25, -0.2) is 0 Å². The zero-order valence-electron chi connectivity index (χ0n) is 28.3. The summed E-state index contributed by atoms with van der Waals surface area (Å²) in [7, 11) is 3.09. The zero-order valence-corrected chi connectivity index (χ0v) is 28.3. The van der Waals surface area contributed by atoms with Crippen molar-refractivity contribution in [3.05, 3.63) is 71.3 Å². The summed E-state index contributed by atoms with van der Waals surface area (Å²) in [6.07, 6.45) is 7.69. The van der Waals surface area contributed by atoms with Gasteiger partial charge in [0.05, 0.1) is 55.4 Å². The molecule has 4 aliphatic rings. The third kappa shape index (κ3) is 6.87. The van der Waals surface area contributed by atoms with E-state index in [1.165, 1.54) is 0 Å². The second-order valence-corrected chi connectivity index (χ2v) is 12.9. The van der Waals surface area contributed by atoms with Crippen molar-refractivity contribution < 1.29 is 33.3 Å². The van der Waals surface area contributed by atoms with E-state index in [2.05, 4.69) is 15.3 Å². The molecule has 0 bridgehead atoms. The zero-order chi connectivity index (χ0) is 34.6. The number of fused-ring (bicyclic) bond motifs is 4. The van der Waals surface area contributed by atoms with Gasteiger partial charge in [0.15, 0.2) is 23.0 Å². The van der Waals surface area contributed by atoms with Crippen LogP contribution < -0.4 is 24.3 Å². The Balaban J connectivity index is 0.896. The van der Waals surface area contributed by atoms with Crippen LogP contribution in [0.25, 0.3) is 0 Å². The van der Waals surface area contributed by atoms with Crippen molar-refractivity contribution in [1.29, 1.82) is 0 Å². The molecule has 3 aromatic rings. The third-order valence-electron chi connectivity index (χ3n) is 9.62. The standard InChI is InChI=1S/C38H41N5O7/c1-47-32-16-28-30(39-20-26-11-8-13-42(26)37(28)45)18-34(32)49-14-7-6-12-36(44)41-25-15-27-21-40-31-19-35(50-23-24-9-4-3-5-10-24)33(48-2)17-29(31)38(46)43(27)22-25/h3-5,9-10,16-21,25-27H,6-8,11-15,22-23H2,1-2H3,(H,41,44)/t25?,26-,27-/m0/s1. The monoisotopic (exact) mass is 679 g/mol. The van der Waals surface area contributed by atoms with Crippen LogP contribution >= 0.6 is 0 Å². The molecule has 3 amide bonds. The van der Waals surface area contributed by atoms with Gasteiger partial charge in [-0.05, 0) is 49.8 Å². The molecule has 0 radical (unpaired) electrons. The number of nitrogens with one attached hydrogen (secondary N) is 1. The molecule has 12 heteroatoms. The fourth-order valence-corrected chi connectivity index (χ4v) is 6.99. The first kappa shape index (κ1) is 33.1. The number of methoxy groups -OCH3 is 2. The second-order valence-electron chi connectivity index (χ2n) is 12.9. The van der Waals surface area contributed by atoms with Crippen LogP contribution in [0, 0.1) is 0 Å². The Morgan fingerprint density at radius 3 is 2.18 bits per heavy atom. The number of benzene rings is 3. The van der Waals surface area contributed by atoms with Crippen molar-refractivity contribution >= 4 is 41.5 Å². The maximum absolute atomic E-state index is 13.7. The molecule has 1 N–H and O–H groups in total. The van der Waals surface area contributed by atoms with E-state index in [9.17, 15) is 14.4 Å². The van der Waals surface area contributed by atoms with E-state index in [0.717, 1.165) is 24.9 Å². The van der Waals surface area contributed by atoms with Gasteiger partial charge in [0.1, 0.15) is 6.61 Å². The molecule has 0 saturated carbocycles. The van der Waals surface area contributed by atoms with Crippen LogP contribution in [-0.4, -0.2) is 92.0 Å². The van der Waals surface area contributed by atoms with Crippen molar-refractivity contribution in [3.8, 4) is 23.0 Å². The van der Waals surface area contributed by atoms with E-state index in [4.69, 9.17) is 18.9 Å². The minimum absolute atomic E-state index is 0.0282. The van der Waals surface area contributed by atoms with E-state index >= 15 is 0 Å². The predicted molar refractivity (Wildman–Crippen MR) is 188 cm³/mol. The Bertz CT molecular complexity index is 1830. The van der Waals surface area contributed by atoms with E-state index in [1.54, 1.807) is 49.6 Å². The molecule has 3 atom stereocenters. The van der Waals surface area contributed by atoms with Gasteiger partial charge in [-0.1, -0.05) is 30.3 Å². The van der Waals surface area contributed by atoms with E-state index in [1.807, 2.05) is 41.4 Å². The van der Waals surface area contributed by atoms with Crippen LogP contribution in [0.5, 0.6) is 23.0 Å². The van der Waals surface area contributed by atoms with Gasteiger partial charge in [-0.15, -0.1) is 0 Å². The fourth-order valence-electron chi connectivity index (χ4n) is 6.99. The molecule has 2 saturated heterocycles. The van der Waals surface area contributed by atoms with E-state index in [0.29, 0.717) is 90.9 Å². The number of aliphatic imine (C=N–C) groups is 2. The van der Waals surface area contributed by atoms with Crippen molar-refractivity contribution in [1.82, 2.24) is 15.1 Å². The highest BCUT2D eigenvalue weighted by Crippen LogP contribution is 2.40. The van der Waals surface area contributed by atoms with Gasteiger partial charge in [-0.2, -0.15) is 0 Å². The molecule has 260 valence electrons. The molecule has 2 fully saturated rings. The number of rotatable bonds is 12. The average Bonchev–Trinajstić information content (AvgIpc) is 3.73. The summed E-state index contributed by atoms with van der Waals surface area (Å²) >= 11 is 0. The Morgan fingerprint density at radius 2 is 1.48 bits per heavy atom. The number of hydrogen-bond acceptors (Lipinski definition) is 9. The minimum atomic E-state index is -0.236. The normalized spacial score (nSPS) is 20.3. The Kier molecular flexibility index (Phi) is 9.68. The lowest BCUT2D eigenvalue weighted by Gasteiger charge is -2.21. The molecule has 0 spiro atoms. The summed E-state index contributed by atoms with van der Waals surface area (Å²) < 4.78 is 23.2. The first-order valence-corrected chi connectivity index (χ1v) is 17.1. The Labute approximate surface area is 291 Å². The molecule has 1 unspecified atom stereocenters. The summed E-state index contributed by atoms with van der Waals surface area (Å²) in [4.78, 5) is 52.5. The quantitative estimate of drug-likeness (QED) is 0.258. The lowest BCUT2D eigenvalue weighted by Crippen LogP contribution is -2.39. The summed E-state index contributed by atoms with van der Waals surface area (Å²) in [6, 6.07) is 16.3. The number of amides is 3. The van der Waals surface area contributed by atoms with Crippen LogP contribution in [0.1, 0.15) is 64.8 Å². The van der Waals surface area contributed by atoms with Crippen LogP contribution in [0.15, 0.2) is 64.6 Å². The summed E-state index contributed by atoms with van der Waals surface area (Å²) in [6.45, 7) is 1.85. The molecule has 12 nitrogen and oxygen atoms in total. The fraction of sp³-hybridized carbons (Fsp3) is 0.395. The van der Waals surface area contributed by atoms with Gasteiger partial charge >= 0.3 is 0 Å². The maximum Gasteiger partial charge on any atom is 0.256 e. The second kappa shape index (κ2) is 14.6. The number of hydrogen-bond donors (Lipinski definition) is 1. The smallest absolute Gasteiger partial charge is 0.256 e. The first-order valence-electron chi connectivity index (χ1n) is 17.1. The predicted octanol–water partition coefficient (Wildman–Crippen LogP) is 5.27. The van der Waals surface area contributed by atoms with Gasteiger partial charge in [0.2, 0.25) is 5.91 Å². The Hall–Kier alpha value is -5.39. The third-order valence-corrected chi connectivity index (χ3v) is 9.62. The molecule has 0 aromatic heterocycles. The largest absolute Gasteiger partial charge is 0.493 e. The summed E-state index contributed by atoms with van der Waals surface area (Å²) in [5, 5.41) is 3.10. The molecular weight excluding hydrogens is 638 g/mol. The number of carbonyl (C=O) groups excluding carboxylic acids is 3. The van der Waals surface area contributed by atoms with Gasteiger partial charge < -0.3 is 34.1 Å². The molecular formula is C38H41N5O7. The van der Waals surface area contributed by atoms with Crippen LogP contribution in [-0.2, 0) is 11.4 Å². The molecule has 4 aliphatic heterocycles. The van der Waals surface area contributed by atoms with Gasteiger partial charge in [-0.3, -0.25) is 24.4 Å². The minimum Gasteiger partial charge on any atom is -0.493 e. The highest BCUT2D eigenvalue weighted by Gasteiger charge is 2.38. The van der Waals surface area contributed by atoms with Gasteiger partial charge in [0, 0.05) is 50.1 Å². The summed E-state index contributed by atoms with van der Waals surface area (Å²) in [5.41, 5.74) is 3.07. The number of ether oxygens (including phenoxy) is 4. The molecule has 7 rings (SSSR count). The van der Waals surface area contributed by atoms with Gasteiger partial charge in [0.25, 0.3) is 11.8 Å². The van der Waals surface area contributed by atoms with Crippen LogP contribution in [0.2, 0.25) is 0 Å². The van der Waals surface area contributed by atoms with Crippen molar-refractivity contribution in [3.63, 3.8) is 0 Å². The molecule has 3 aromatic carbocycles. The summed E-state index contributed by atoms with van der Waals surface area (Å²) in [5.74, 6) is 1.70. The topological polar surface area (TPSA) is 131 Å². The molecule has 50 heavy (non-hydrogen) atoms. The van der Waals surface area contributed by atoms with E-state index in [-0.39, 0.29) is 35.8 Å². The van der Waals surface area contributed by atoms with Crippen molar-refractivity contribution in [2.24, 2.45) is 9.98 Å². The van der Waals surface area contributed by atoms with Crippen LogP contribution in [0.3, 0.4) is 0 Å². The molecule has 0 aliphatic carbocycles. The lowest BCUT2D eigenvalue weighted by molar-refractivity contribution is -0.121. The molecule has 4 heterocycles. The maximum atomic E-state index is 13.7. The lowest BCUT2D eigenvalue weighted by atomic mass is 10.1. The van der Waals surface area contributed by atoms with Crippen molar-refractivity contribution in [2.45, 2.75) is 63.3 Å². The first-order chi connectivity index (χ1) is 24.4. The van der Waals surface area contributed by atoms with Crippen LogP contribution in [0.4, 0.5) is 11.4 Å². The number of nitrogens with zero attached hydrogens (tertiary/aromatic N) is 4. The Morgan fingerprint density at radius 1 is 0.820 bits per heavy atom. The van der Waals surface area contributed by atoms with Crippen molar-refractivity contribution in [2.75, 3.05) is 33.9 Å². The highest BCUT2D eigenvalue weighted by molar-refractivity contribution is 6.04. The SMILES string of the molecule is COc1cc2c(cc1OCCCCC(=O)NC1C[C@H]3C=Nc4cc(OCc5ccccc5)c(OC)cc4C(=O)N3C1)N=C[C@@H]1CCCN1C2=O. The number of carbonyl (C=O) groups is 3. The highest BCUT2D eigenvalue weighted by atomic mass is 16.5.